The molecule has 0 heteroatoms. The van der Waals surface area contributed by atoms with Gasteiger partial charge in [-0.25, -0.2) is 0 Å². The van der Waals surface area contributed by atoms with Crippen LogP contribution in [0, 0.1) is 0 Å². The van der Waals surface area contributed by atoms with Crippen molar-refractivity contribution in [3.63, 3.8) is 0 Å². The average molecular weight is 439 g/mol. The van der Waals surface area contributed by atoms with Gasteiger partial charge in [-0.05, 0) is 70.2 Å². The molecule has 34 heavy (non-hydrogen) atoms. The average Bonchev–Trinajstić information content (AvgIpc) is 2.89. The Morgan fingerprint density at radius 1 is 0.206 bits per heavy atom. The topological polar surface area (TPSA) is 0 Å². The lowest BCUT2D eigenvalue weighted by Crippen LogP contribution is -1.93. The molecule has 0 aromatic heterocycles. The Morgan fingerprint density at radius 3 is 0.588 bits per heavy atom. The molecule has 0 N–H and O–H groups in total. The molecule has 0 aliphatic rings. The minimum Gasteiger partial charge on any atom is -0.0622 e. The predicted molar refractivity (Wildman–Crippen MR) is 143 cm³/mol. The van der Waals surface area contributed by atoms with E-state index in [0.29, 0.717) is 0 Å². The molecule has 0 radical (unpaired) electrons. The fraction of sp³-hybridized carbons (Fsp3) is 0.118. The molecule has 0 heterocycles. The van der Waals surface area contributed by atoms with Crippen LogP contribution in [0.1, 0.15) is 44.5 Å². The van der Waals surface area contributed by atoms with E-state index in [9.17, 15) is 0 Å². The summed E-state index contributed by atoms with van der Waals surface area (Å²) >= 11 is 0. The zero-order valence-electron chi connectivity index (χ0n) is 19.5. The van der Waals surface area contributed by atoms with Crippen LogP contribution < -0.4 is 0 Å². The summed E-state index contributed by atoms with van der Waals surface area (Å²) in [7, 11) is 0. The van der Waals surface area contributed by atoms with Gasteiger partial charge in [-0.1, -0.05) is 133 Å². The van der Waals surface area contributed by atoms with E-state index in [-0.39, 0.29) is 0 Å². The Hall–Kier alpha value is -3.90. The van der Waals surface area contributed by atoms with E-state index in [4.69, 9.17) is 0 Å². The van der Waals surface area contributed by atoms with Gasteiger partial charge < -0.3 is 0 Å². The third kappa shape index (κ3) is 6.11. The molecule has 0 amide bonds. The molecule has 0 spiro atoms. The lowest BCUT2D eigenvalue weighted by molar-refractivity contribution is 1.13. The van der Waals surface area contributed by atoms with Gasteiger partial charge in [0.05, 0.1) is 0 Å². The maximum atomic E-state index is 2.27. The molecule has 0 aliphatic heterocycles. The number of benzene rings is 5. The third-order valence-electron chi connectivity index (χ3n) is 6.39. The number of hydrogen-bond donors (Lipinski definition) is 0. The summed E-state index contributed by atoms with van der Waals surface area (Å²) in [5.74, 6) is 0. The summed E-state index contributed by atoms with van der Waals surface area (Å²) in [5, 5.41) is 0. The van der Waals surface area contributed by atoms with E-state index in [1.807, 2.05) is 0 Å². The summed E-state index contributed by atoms with van der Waals surface area (Å²) in [4.78, 5) is 0. The normalized spacial score (nSPS) is 10.8. The van der Waals surface area contributed by atoms with Gasteiger partial charge in [-0.3, -0.25) is 0 Å². The highest BCUT2D eigenvalue weighted by Crippen LogP contribution is 2.17. The van der Waals surface area contributed by atoms with Gasteiger partial charge >= 0.3 is 0 Å². The van der Waals surface area contributed by atoms with Gasteiger partial charge in [0.1, 0.15) is 0 Å². The van der Waals surface area contributed by atoms with E-state index in [1.54, 1.807) is 0 Å². The Bertz CT molecular complexity index is 1180. The van der Waals surface area contributed by atoms with Gasteiger partial charge in [0.15, 0.2) is 0 Å². The second-order valence-electron chi connectivity index (χ2n) is 9.13. The van der Waals surface area contributed by atoms with Crippen LogP contribution in [0.3, 0.4) is 0 Å². The standard InChI is InChI=1S/C34H30/c1-3-7-27(8-4-1)23-29-11-15-31(16-12-29)25-33-19-21-34(22-20-33)26-32-17-13-30(14-18-32)24-28-9-5-2-6-10-28/h1-22H,23-26H2. The highest BCUT2D eigenvalue weighted by molar-refractivity contribution is 5.35. The zero-order valence-corrected chi connectivity index (χ0v) is 19.5. The van der Waals surface area contributed by atoms with Crippen molar-refractivity contribution < 1.29 is 0 Å². The first-order valence-corrected chi connectivity index (χ1v) is 12.1. The van der Waals surface area contributed by atoms with Crippen LogP contribution in [0.25, 0.3) is 0 Å². The van der Waals surface area contributed by atoms with Crippen molar-refractivity contribution in [1.82, 2.24) is 0 Å². The fourth-order valence-electron chi connectivity index (χ4n) is 4.46. The van der Waals surface area contributed by atoms with E-state index in [0.717, 1.165) is 25.7 Å². The van der Waals surface area contributed by atoms with Gasteiger partial charge in [0, 0.05) is 0 Å². The second kappa shape index (κ2) is 10.8. The Morgan fingerprint density at radius 2 is 0.382 bits per heavy atom. The molecule has 0 aliphatic carbocycles. The maximum absolute atomic E-state index is 2.27. The number of rotatable bonds is 8. The summed E-state index contributed by atoms with van der Waals surface area (Å²) < 4.78 is 0. The summed E-state index contributed by atoms with van der Waals surface area (Å²) in [6, 6.07) is 48.5. The van der Waals surface area contributed by atoms with Gasteiger partial charge in [0.25, 0.3) is 0 Å². The largest absolute Gasteiger partial charge is 0.0622 e. The Balaban J connectivity index is 1.15. The first-order valence-electron chi connectivity index (χ1n) is 12.1. The molecule has 0 nitrogen and oxygen atoms in total. The molecule has 0 atom stereocenters. The molecule has 5 rings (SSSR count). The highest BCUT2D eigenvalue weighted by atomic mass is 14.1. The van der Waals surface area contributed by atoms with Crippen LogP contribution >= 0.6 is 0 Å². The molecule has 166 valence electrons. The van der Waals surface area contributed by atoms with Crippen molar-refractivity contribution in [2.45, 2.75) is 25.7 Å². The predicted octanol–water partition coefficient (Wildman–Crippen LogP) is 8.05. The molecule has 0 unspecified atom stereocenters. The first-order chi connectivity index (χ1) is 16.8. The van der Waals surface area contributed by atoms with Gasteiger partial charge in [-0.15, -0.1) is 0 Å². The highest BCUT2D eigenvalue weighted by Gasteiger charge is 2.02. The van der Waals surface area contributed by atoms with Gasteiger partial charge in [-0.2, -0.15) is 0 Å². The maximum Gasteiger partial charge on any atom is -0.00258 e. The lowest BCUT2D eigenvalue weighted by Gasteiger charge is -2.08. The molecule has 5 aromatic carbocycles. The minimum absolute atomic E-state index is 0.972. The van der Waals surface area contributed by atoms with E-state index < -0.39 is 0 Å². The SMILES string of the molecule is c1ccc(Cc2ccc(Cc3ccc(Cc4ccc(Cc5ccccc5)cc4)cc3)cc2)cc1. The molecule has 0 bridgehead atoms. The molecule has 0 saturated carbocycles. The Kier molecular flexibility index (Phi) is 6.97. The van der Waals surface area contributed by atoms with Crippen molar-refractivity contribution in [3.8, 4) is 0 Å². The van der Waals surface area contributed by atoms with Crippen LogP contribution in [0.2, 0.25) is 0 Å². The van der Waals surface area contributed by atoms with Crippen molar-refractivity contribution in [1.29, 1.82) is 0 Å². The fourth-order valence-corrected chi connectivity index (χ4v) is 4.46. The van der Waals surface area contributed by atoms with Crippen LogP contribution in [0.15, 0.2) is 133 Å². The third-order valence-corrected chi connectivity index (χ3v) is 6.39. The zero-order chi connectivity index (χ0) is 23.0. The first kappa shape index (κ1) is 21.9. The monoisotopic (exact) mass is 438 g/mol. The van der Waals surface area contributed by atoms with Crippen LogP contribution in [-0.2, 0) is 25.7 Å². The number of hydrogen-bond acceptors (Lipinski definition) is 0. The van der Waals surface area contributed by atoms with E-state index >= 15 is 0 Å². The van der Waals surface area contributed by atoms with E-state index in [2.05, 4.69) is 133 Å². The van der Waals surface area contributed by atoms with Crippen LogP contribution in [-0.4, -0.2) is 0 Å². The molecule has 0 fully saturated rings. The quantitative estimate of drug-likeness (QED) is 0.230. The van der Waals surface area contributed by atoms with Crippen LogP contribution in [0.4, 0.5) is 0 Å². The Labute approximate surface area is 203 Å². The molecular weight excluding hydrogens is 408 g/mol. The van der Waals surface area contributed by atoms with Crippen molar-refractivity contribution in [2.75, 3.05) is 0 Å². The lowest BCUT2D eigenvalue weighted by atomic mass is 9.98. The summed E-state index contributed by atoms with van der Waals surface area (Å²) in [6.45, 7) is 0. The minimum atomic E-state index is 0.972. The molecule has 0 saturated heterocycles. The van der Waals surface area contributed by atoms with Gasteiger partial charge in [0.2, 0.25) is 0 Å². The molecule has 5 aromatic rings. The summed E-state index contributed by atoms with van der Waals surface area (Å²) in [6.07, 6.45) is 3.92. The van der Waals surface area contributed by atoms with Crippen molar-refractivity contribution in [3.05, 3.63) is 178 Å². The van der Waals surface area contributed by atoms with Crippen molar-refractivity contribution >= 4 is 0 Å². The smallest absolute Gasteiger partial charge is 0.00258 e. The molecular formula is C34H30. The second-order valence-corrected chi connectivity index (χ2v) is 9.13. The van der Waals surface area contributed by atoms with Crippen molar-refractivity contribution in [2.24, 2.45) is 0 Å². The van der Waals surface area contributed by atoms with Crippen LogP contribution in [0.5, 0.6) is 0 Å². The summed E-state index contributed by atoms with van der Waals surface area (Å²) in [5.41, 5.74) is 10.9. The van der Waals surface area contributed by atoms with E-state index in [1.165, 1.54) is 44.5 Å².